The van der Waals surface area contributed by atoms with Crippen LogP contribution in [-0.4, -0.2) is 25.0 Å². The number of nitrogens with one attached hydrogen (secondary N) is 1. The van der Waals surface area contributed by atoms with Gasteiger partial charge in [-0.3, -0.25) is 4.79 Å². The van der Waals surface area contributed by atoms with Gasteiger partial charge in [0.2, 0.25) is 5.91 Å². The molecule has 1 amide bonds. The summed E-state index contributed by atoms with van der Waals surface area (Å²) in [7, 11) is 0. The summed E-state index contributed by atoms with van der Waals surface area (Å²) in [5, 5.41) is 3.20. The minimum absolute atomic E-state index is 0.0988. The van der Waals surface area contributed by atoms with Crippen LogP contribution in [0.3, 0.4) is 0 Å². The highest BCUT2D eigenvalue weighted by atomic mass is 16.1. The van der Waals surface area contributed by atoms with Crippen LogP contribution in [0.5, 0.6) is 0 Å². The quantitative estimate of drug-likeness (QED) is 0.622. The van der Waals surface area contributed by atoms with Gasteiger partial charge in [-0.2, -0.15) is 0 Å². The topological polar surface area (TPSA) is 32.3 Å². The number of rotatable bonds is 6. The van der Waals surface area contributed by atoms with E-state index < -0.39 is 0 Å². The van der Waals surface area contributed by atoms with E-state index in [0.29, 0.717) is 12.5 Å². The van der Waals surface area contributed by atoms with Crippen molar-refractivity contribution in [2.75, 3.05) is 18.0 Å². The van der Waals surface area contributed by atoms with E-state index in [-0.39, 0.29) is 16.7 Å². The maximum absolute atomic E-state index is 12.7. The molecule has 2 aromatic carbocycles. The highest BCUT2D eigenvalue weighted by molar-refractivity contribution is 5.76. The zero-order valence-corrected chi connectivity index (χ0v) is 20.3. The van der Waals surface area contributed by atoms with Crippen LogP contribution in [-0.2, 0) is 22.0 Å². The number of carbonyl (C=O) groups excluding carboxylic acids is 1. The summed E-state index contributed by atoms with van der Waals surface area (Å²) < 4.78 is 0. The van der Waals surface area contributed by atoms with Gasteiger partial charge < -0.3 is 10.2 Å². The summed E-state index contributed by atoms with van der Waals surface area (Å²) in [6.45, 7) is 15.3. The molecule has 0 bridgehead atoms. The third kappa shape index (κ3) is 6.35. The first kappa shape index (κ1) is 23.4. The minimum Gasteiger partial charge on any atom is -0.367 e. The number of hydrogen-bond acceptors (Lipinski definition) is 2. The van der Waals surface area contributed by atoms with Crippen LogP contribution < -0.4 is 10.2 Å². The fraction of sp³-hybridized carbons (Fsp3) is 0.536. The van der Waals surface area contributed by atoms with Crippen molar-refractivity contribution in [3.63, 3.8) is 0 Å². The van der Waals surface area contributed by atoms with Crippen LogP contribution >= 0.6 is 0 Å². The number of anilines is 1. The van der Waals surface area contributed by atoms with Crippen LogP contribution in [0.4, 0.5) is 5.69 Å². The van der Waals surface area contributed by atoms with Gasteiger partial charge in [0.1, 0.15) is 0 Å². The minimum atomic E-state index is 0.0988. The van der Waals surface area contributed by atoms with E-state index in [9.17, 15) is 4.79 Å². The molecule has 0 aliphatic carbocycles. The van der Waals surface area contributed by atoms with Crippen LogP contribution in [0.15, 0.2) is 48.5 Å². The van der Waals surface area contributed by atoms with Gasteiger partial charge in [0.15, 0.2) is 0 Å². The lowest BCUT2D eigenvalue weighted by atomic mass is 9.79. The molecule has 1 heterocycles. The Labute approximate surface area is 189 Å². The molecule has 0 saturated carbocycles. The average molecular weight is 421 g/mol. The van der Waals surface area contributed by atoms with E-state index in [1.165, 1.54) is 28.8 Å². The Morgan fingerprint density at radius 1 is 0.968 bits per heavy atom. The number of aryl methyl sites for hydroxylation is 1. The van der Waals surface area contributed by atoms with E-state index in [1.54, 1.807) is 0 Å². The predicted molar refractivity (Wildman–Crippen MR) is 132 cm³/mol. The molecule has 1 unspecified atom stereocenters. The molecule has 3 heteroatoms. The van der Waals surface area contributed by atoms with Crippen molar-refractivity contribution in [3.05, 3.63) is 65.2 Å². The lowest BCUT2D eigenvalue weighted by Gasteiger charge is -2.27. The summed E-state index contributed by atoms with van der Waals surface area (Å²) in [5.41, 5.74) is 5.41. The molecule has 1 fully saturated rings. The SMILES string of the molecule is CC(C)(C)c1cc(CCC(=O)NCC2CCCN2c2ccccc2)cc(C(C)(C)C)c1. The molecule has 1 N–H and O–H groups in total. The molecular weight excluding hydrogens is 380 g/mol. The molecule has 0 spiro atoms. The molecule has 3 nitrogen and oxygen atoms in total. The van der Waals surface area contributed by atoms with Crippen molar-refractivity contribution < 1.29 is 4.79 Å². The Balaban J connectivity index is 1.59. The molecular formula is C28H40N2O. The molecule has 1 saturated heterocycles. The number of para-hydroxylation sites is 1. The van der Waals surface area contributed by atoms with Crippen molar-refractivity contribution in [1.29, 1.82) is 0 Å². The van der Waals surface area contributed by atoms with E-state index in [1.807, 2.05) is 0 Å². The Hall–Kier alpha value is -2.29. The van der Waals surface area contributed by atoms with Crippen LogP contribution in [0.25, 0.3) is 0 Å². The molecule has 1 atom stereocenters. The average Bonchev–Trinajstić information content (AvgIpc) is 3.18. The smallest absolute Gasteiger partial charge is 0.220 e. The van der Waals surface area contributed by atoms with Crippen molar-refractivity contribution in [1.82, 2.24) is 5.32 Å². The number of nitrogens with zero attached hydrogens (tertiary/aromatic N) is 1. The third-order valence-electron chi connectivity index (χ3n) is 6.37. The molecule has 2 aromatic rings. The molecule has 3 rings (SSSR count). The molecule has 168 valence electrons. The van der Waals surface area contributed by atoms with E-state index in [2.05, 4.69) is 100 Å². The fourth-order valence-corrected chi connectivity index (χ4v) is 4.29. The summed E-state index contributed by atoms with van der Waals surface area (Å²) in [5.74, 6) is 0.151. The van der Waals surface area contributed by atoms with Gasteiger partial charge >= 0.3 is 0 Å². The maximum atomic E-state index is 12.7. The normalized spacial score (nSPS) is 17.1. The molecule has 0 radical (unpaired) electrons. The number of hydrogen-bond donors (Lipinski definition) is 1. The Bertz CT molecular complexity index is 842. The number of amides is 1. The second-order valence-corrected chi connectivity index (χ2v) is 11.0. The summed E-state index contributed by atoms with van der Waals surface area (Å²) in [4.78, 5) is 15.1. The van der Waals surface area contributed by atoms with E-state index in [4.69, 9.17) is 0 Å². The third-order valence-corrected chi connectivity index (χ3v) is 6.37. The fourth-order valence-electron chi connectivity index (χ4n) is 4.29. The van der Waals surface area contributed by atoms with E-state index in [0.717, 1.165) is 25.9 Å². The first-order valence-electron chi connectivity index (χ1n) is 11.8. The predicted octanol–water partition coefficient (Wildman–Crippen LogP) is 6.00. The summed E-state index contributed by atoms with van der Waals surface area (Å²) in [6, 6.07) is 17.8. The first-order chi connectivity index (χ1) is 14.5. The molecule has 31 heavy (non-hydrogen) atoms. The highest BCUT2D eigenvalue weighted by Crippen LogP contribution is 2.31. The van der Waals surface area contributed by atoms with Crippen LogP contribution in [0.2, 0.25) is 0 Å². The second kappa shape index (κ2) is 9.46. The lowest BCUT2D eigenvalue weighted by molar-refractivity contribution is -0.121. The van der Waals surface area contributed by atoms with E-state index >= 15 is 0 Å². The number of carbonyl (C=O) groups is 1. The van der Waals surface area contributed by atoms with Crippen molar-refractivity contribution in [2.45, 2.75) is 84.1 Å². The maximum Gasteiger partial charge on any atom is 0.220 e. The van der Waals surface area contributed by atoms with Gasteiger partial charge in [0, 0.05) is 31.2 Å². The first-order valence-corrected chi connectivity index (χ1v) is 11.8. The standard InChI is InChI=1S/C28H40N2O/c1-27(2,3)22-17-21(18-23(19-22)28(4,5)6)14-15-26(31)29-20-25-13-10-16-30(25)24-11-8-7-9-12-24/h7-9,11-12,17-19,25H,10,13-16,20H2,1-6H3,(H,29,31). The zero-order valence-electron chi connectivity index (χ0n) is 20.3. The van der Waals surface area contributed by atoms with Crippen molar-refractivity contribution in [3.8, 4) is 0 Å². The Kier molecular flexibility index (Phi) is 7.13. The van der Waals surface area contributed by atoms with Gasteiger partial charge in [0.05, 0.1) is 0 Å². The van der Waals surface area contributed by atoms with Gasteiger partial charge in [-0.25, -0.2) is 0 Å². The zero-order chi connectivity index (χ0) is 22.6. The number of benzene rings is 2. The van der Waals surface area contributed by atoms with Gasteiger partial charge in [-0.15, -0.1) is 0 Å². The monoisotopic (exact) mass is 420 g/mol. The molecule has 0 aromatic heterocycles. The lowest BCUT2D eigenvalue weighted by Crippen LogP contribution is -2.40. The Morgan fingerprint density at radius 3 is 2.16 bits per heavy atom. The van der Waals surface area contributed by atoms with Crippen molar-refractivity contribution >= 4 is 11.6 Å². The molecule has 1 aliphatic heterocycles. The van der Waals surface area contributed by atoms with Crippen LogP contribution in [0, 0.1) is 0 Å². The van der Waals surface area contributed by atoms with Gasteiger partial charge in [0.25, 0.3) is 0 Å². The van der Waals surface area contributed by atoms with Crippen LogP contribution in [0.1, 0.15) is 77.5 Å². The van der Waals surface area contributed by atoms with Crippen molar-refractivity contribution in [2.24, 2.45) is 0 Å². The summed E-state index contributed by atoms with van der Waals surface area (Å²) in [6.07, 6.45) is 3.64. The van der Waals surface area contributed by atoms with Gasteiger partial charge in [-0.05, 0) is 58.9 Å². The largest absolute Gasteiger partial charge is 0.367 e. The summed E-state index contributed by atoms with van der Waals surface area (Å²) >= 11 is 0. The van der Waals surface area contributed by atoms with Gasteiger partial charge in [-0.1, -0.05) is 77.9 Å². The highest BCUT2D eigenvalue weighted by Gasteiger charge is 2.25. The molecule has 1 aliphatic rings. The Morgan fingerprint density at radius 2 is 1.58 bits per heavy atom. The second-order valence-electron chi connectivity index (χ2n) is 11.0.